The molecule has 0 saturated heterocycles. The molecule has 1 unspecified atom stereocenters. The number of thiophene rings is 1. The van der Waals surface area contributed by atoms with Crippen LogP contribution in [-0.4, -0.2) is 0 Å². The van der Waals surface area contributed by atoms with Crippen LogP contribution in [-0.2, 0) is 0 Å². The highest BCUT2D eigenvalue weighted by molar-refractivity contribution is 7.10. The van der Waals surface area contributed by atoms with Gasteiger partial charge in [0.1, 0.15) is 0 Å². The molecule has 0 saturated carbocycles. The average molecular weight is 204 g/mol. The zero-order valence-corrected chi connectivity index (χ0v) is 8.95. The Kier molecular flexibility index (Phi) is 3.56. The van der Waals surface area contributed by atoms with Crippen molar-refractivity contribution in [1.82, 2.24) is 0 Å². The summed E-state index contributed by atoms with van der Waals surface area (Å²) in [5.41, 5.74) is 6.02. The largest absolute Gasteiger partial charge is 0.323 e. The van der Waals surface area contributed by atoms with Crippen molar-refractivity contribution in [2.75, 3.05) is 0 Å². The average Bonchev–Trinajstić information content (AvgIpc) is 2.48. The third-order valence-corrected chi connectivity index (χ3v) is 3.66. The Morgan fingerprint density at radius 3 is 2.75 bits per heavy atom. The highest BCUT2D eigenvalue weighted by Crippen LogP contribution is 2.32. The van der Waals surface area contributed by atoms with Crippen LogP contribution in [0.25, 0.3) is 0 Å². The second-order valence-corrected chi connectivity index (χ2v) is 4.40. The van der Waals surface area contributed by atoms with Crippen LogP contribution >= 0.6 is 22.9 Å². The normalized spacial score (nSPS) is 16.0. The zero-order valence-electron chi connectivity index (χ0n) is 7.38. The fourth-order valence-corrected chi connectivity index (χ4v) is 2.37. The fraction of sp³-hybridized carbons (Fsp3) is 0.556. The van der Waals surface area contributed by atoms with Crippen LogP contribution in [0.4, 0.5) is 0 Å². The van der Waals surface area contributed by atoms with Gasteiger partial charge in [0.25, 0.3) is 0 Å². The van der Waals surface area contributed by atoms with Crippen LogP contribution in [0.3, 0.4) is 0 Å². The van der Waals surface area contributed by atoms with Gasteiger partial charge in [-0.15, -0.1) is 11.3 Å². The summed E-state index contributed by atoms with van der Waals surface area (Å²) in [7, 11) is 0. The van der Waals surface area contributed by atoms with Gasteiger partial charge in [-0.25, -0.2) is 0 Å². The Morgan fingerprint density at radius 1 is 1.67 bits per heavy atom. The molecule has 0 amide bonds. The number of rotatable bonds is 3. The highest BCUT2D eigenvalue weighted by Gasteiger charge is 2.16. The van der Waals surface area contributed by atoms with E-state index in [-0.39, 0.29) is 6.04 Å². The van der Waals surface area contributed by atoms with E-state index in [0.717, 1.165) is 16.3 Å². The van der Waals surface area contributed by atoms with Gasteiger partial charge in [-0.1, -0.05) is 31.9 Å². The maximum atomic E-state index is 6.02. The number of halogens is 1. The van der Waals surface area contributed by atoms with Crippen molar-refractivity contribution in [2.24, 2.45) is 11.7 Å². The monoisotopic (exact) mass is 203 g/mol. The van der Waals surface area contributed by atoms with Crippen molar-refractivity contribution in [3.05, 3.63) is 21.3 Å². The minimum atomic E-state index is 0.0995. The molecule has 0 aliphatic heterocycles. The third kappa shape index (κ3) is 2.00. The van der Waals surface area contributed by atoms with Crippen LogP contribution in [0.15, 0.2) is 11.4 Å². The van der Waals surface area contributed by atoms with Gasteiger partial charge < -0.3 is 5.73 Å². The summed E-state index contributed by atoms with van der Waals surface area (Å²) in [5, 5.41) is 2.80. The molecule has 1 aromatic heterocycles. The number of hydrogen-bond acceptors (Lipinski definition) is 2. The second-order valence-electron chi connectivity index (χ2n) is 3.04. The molecule has 0 aliphatic carbocycles. The maximum absolute atomic E-state index is 6.02. The quantitative estimate of drug-likeness (QED) is 0.800. The molecule has 3 heteroatoms. The number of hydrogen-bond donors (Lipinski definition) is 1. The molecule has 0 fully saturated rings. The summed E-state index contributed by atoms with van der Waals surface area (Å²) in [5.74, 6) is 0.501. The minimum Gasteiger partial charge on any atom is -0.323 e. The summed E-state index contributed by atoms with van der Waals surface area (Å²) in [6.45, 7) is 4.30. The maximum Gasteiger partial charge on any atom is 0.0561 e. The lowest BCUT2D eigenvalue weighted by atomic mass is 9.99. The summed E-state index contributed by atoms with van der Waals surface area (Å²) < 4.78 is 0. The zero-order chi connectivity index (χ0) is 9.14. The Hall–Kier alpha value is -0.0500. The van der Waals surface area contributed by atoms with Crippen molar-refractivity contribution < 1.29 is 0 Å². The van der Waals surface area contributed by atoms with Gasteiger partial charge >= 0.3 is 0 Å². The fourth-order valence-electron chi connectivity index (χ4n) is 1.06. The first kappa shape index (κ1) is 10.0. The predicted molar refractivity (Wildman–Crippen MR) is 55.7 cm³/mol. The van der Waals surface area contributed by atoms with Crippen molar-refractivity contribution >= 4 is 22.9 Å². The van der Waals surface area contributed by atoms with E-state index in [4.69, 9.17) is 17.3 Å². The van der Waals surface area contributed by atoms with Gasteiger partial charge in [-0.05, 0) is 17.4 Å². The summed E-state index contributed by atoms with van der Waals surface area (Å²) in [4.78, 5) is 1.12. The van der Waals surface area contributed by atoms with Crippen molar-refractivity contribution in [1.29, 1.82) is 0 Å². The van der Waals surface area contributed by atoms with Crippen molar-refractivity contribution in [2.45, 2.75) is 26.3 Å². The van der Waals surface area contributed by atoms with Gasteiger partial charge in [0, 0.05) is 10.9 Å². The minimum absolute atomic E-state index is 0.0995. The second kappa shape index (κ2) is 4.26. The van der Waals surface area contributed by atoms with Crippen LogP contribution in [0.1, 0.15) is 31.2 Å². The first-order valence-electron chi connectivity index (χ1n) is 4.15. The molecular weight excluding hydrogens is 190 g/mol. The van der Waals surface area contributed by atoms with Gasteiger partial charge in [0.05, 0.1) is 5.02 Å². The van der Waals surface area contributed by atoms with E-state index < -0.39 is 0 Å². The van der Waals surface area contributed by atoms with Gasteiger partial charge in [-0.2, -0.15) is 0 Å². The van der Waals surface area contributed by atoms with Crippen LogP contribution in [0, 0.1) is 5.92 Å². The smallest absolute Gasteiger partial charge is 0.0561 e. The van der Waals surface area contributed by atoms with Crippen LogP contribution in [0.2, 0.25) is 5.02 Å². The molecule has 2 N–H and O–H groups in total. The summed E-state index contributed by atoms with van der Waals surface area (Å²) >= 11 is 7.61. The van der Waals surface area contributed by atoms with E-state index in [9.17, 15) is 0 Å². The molecule has 0 aliphatic rings. The van der Waals surface area contributed by atoms with E-state index >= 15 is 0 Å². The lowest BCUT2D eigenvalue weighted by molar-refractivity contribution is 0.462. The molecule has 1 aromatic rings. The molecule has 0 bridgehead atoms. The van der Waals surface area contributed by atoms with E-state index in [2.05, 4.69) is 13.8 Å². The van der Waals surface area contributed by atoms with Crippen molar-refractivity contribution in [3.63, 3.8) is 0 Å². The topological polar surface area (TPSA) is 26.0 Å². The lowest BCUT2D eigenvalue weighted by Gasteiger charge is -2.16. The van der Waals surface area contributed by atoms with E-state index in [0.29, 0.717) is 5.92 Å². The van der Waals surface area contributed by atoms with Crippen molar-refractivity contribution in [3.8, 4) is 0 Å². The molecule has 0 aromatic carbocycles. The van der Waals surface area contributed by atoms with Gasteiger partial charge in [0.15, 0.2) is 0 Å². The van der Waals surface area contributed by atoms with E-state index in [1.54, 1.807) is 11.3 Å². The summed E-state index contributed by atoms with van der Waals surface area (Å²) in [6, 6.07) is 2.01. The Bertz CT molecular complexity index is 246. The molecule has 12 heavy (non-hydrogen) atoms. The molecule has 68 valence electrons. The van der Waals surface area contributed by atoms with Gasteiger partial charge in [0.2, 0.25) is 0 Å². The first-order valence-corrected chi connectivity index (χ1v) is 5.41. The standard InChI is InChI=1S/C9H14ClNS/c1-3-6(2)8(11)9-7(10)4-5-12-9/h4-6,8H,3,11H2,1-2H3/t6?,8-/m0/s1. The molecule has 1 rings (SSSR count). The SMILES string of the molecule is CCC(C)[C@H](N)c1sccc1Cl. The van der Waals surface area contributed by atoms with Crippen LogP contribution in [0.5, 0.6) is 0 Å². The molecule has 0 radical (unpaired) electrons. The summed E-state index contributed by atoms with van der Waals surface area (Å²) in [6.07, 6.45) is 1.09. The molecule has 2 atom stereocenters. The first-order chi connectivity index (χ1) is 5.66. The Balaban J connectivity index is 2.77. The van der Waals surface area contributed by atoms with E-state index in [1.807, 2.05) is 11.4 Å². The molecular formula is C9H14ClNS. The van der Waals surface area contributed by atoms with Crippen LogP contribution < -0.4 is 5.73 Å². The molecule has 0 spiro atoms. The number of nitrogens with two attached hydrogens (primary N) is 1. The predicted octanol–water partition coefficient (Wildman–Crippen LogP) is 3.45. The van der Waals surface area contributed by atoms with E-state index in [1.165, 1.54) is 0 Å². The lowest BCUT2D eigenvalue weighted by Crippen LogP contribution is -2.17. The molecule has 1 nitrogen and oxygen atoms in total. The third-order valence-electron chi connectivity index (χ3n) is 2.20. The molecule has 1 heterocycles. The van der Waals surface area contributed by atoms with Gasteiger partial charge in [-0.3, -0.25) is 0 Å². The Labute approximate surface area is 82.5 Å². The Morgan fingerprint density at radius 2 is 2.33 bits per heavy atom. The highest BCUT2D eigenvalue weighted by atomic mass is 35.5.